The van der Waals surface area contributed by atoms with Crippen molar-refractivity contribution in [3.05, 3.63) is 54.4 Å². The molecule has 4 heteroatoms. The number of methoxy groups -OCH3 is 1. The van der Waals surface area contributed by atoms with Crippen molar-refractivity contribution in [3.63, 3.8) is 0 Å². The zero-order valence-electron chi connectivity index (χ0n) is 10.5. The van der Waals surface area contributed by atoms with Crippen molar-refractivity contribution in [1.82, 2.24) is 9.38 Å². The van der Waals surface area contributed by atoms with Crippen molar-refractivity contribution in [2.24, 2.45) is 0 Å². The zero-order chi connectivity index (χ0) is 13.2. The lowest BCUT2D eigenvalue weighted by molar-refractivity contribution is 0.415. The average Bonchev–Trinajstić information content (AvgIpc) is 2.85. The Labute approximate surface area is 116 Å². The highest BCUT2D eigenvalue weighted by atomic mass is 35.5. The molecule has 2 aromatic heterocycles. The lowest BCUT2D eigenvalue weighted by Crippen LogP contribution is -1.90. The number of alkyl halides is 1. The molecule has 1 aromatic carbocycles. The number of imidazole rings is 1. The van der Waals surface area contributed by atoms with Crippen LogP contribution in [0.5, 0.6) is 5.75 Å². The molecule has 0 N–H and O–H groups in total. The average molecular weight is 273 g/mol. The SMILES string of the molecule is COc1ccc(-c2nc3ccccn3c2CCl)cc1. The van der Waals surface area contributed by atoms with Crippen molar-refractivity contribution < 1.29 is 4.74 Å². The number of pyridine rings is 1. The summed E-state index contributed by atoms with van der Waals surface area (Å²) in [6, 6.07) is 13.8. The molecule has 0 atom stereocenters. The third-order valence-corrected chi connectivity index (χ3v) is 3.37. The standard InChI is InChI=1S/C15H13ClN2O/c1-19-12-7-5-11(6-8-12)15-13(10-16)18-9-3-2-4-14(18)17-15/h2-9H,10H2,1H3. The maximum Gasteiger partial charge on any atom is 0.137 e. The summed E-state index contributed by atoms with van der Waals surface area (Å²) in [6.07, 6.45) is 1.98. The maximum atomic E-state index is 6.08. The third-order valence-electron chi connectivity index (χ3n) is 3.12. The van der Waals surface area contributed by atoms with E-state index in [1.165, 1.54) is 0 Å². The number of aromatic nitrogens is 2. The molecule has 0 spiro atoms. The van der Waals surface area contributed by atoms with Crippen LogP contribution in [-0.4, -0.2) is 16.5 Å². The summed E-state index contributed by atoms with van der Waals surface area (Å²) in [5.41, 5.74) is 3.87. The van der Waals surface area contributed by atoms with Gasteiger partial charge in [-0.25, -0.2) is 4.98 Å². The molecule has 2 heterocycles. The molecular formula is C15H13ClN2O. The van der Waals surface area contributed by atoms with Crippen LogP contribution < -0.4 is 4.74 Å². The Morgan fingerprint density at radius 2 is 1.95 bits per heavy atom. The van der Waals surface area contributed by atoms with Crippen LogP contribution >= 0.6 is 11.6 Å². The quantitative estimate of drug-likeness (QED) is 0.679. The van der Waals surface area contributed by atoms with Crippen LogP contribution in [0.2, 0.25) is 0 Å². The van der Waals surface area contributed by atoms with E-state index in [2.05, 4.69) is 4.98 Å². The Bertz CT molecular complexity index is 704. The van der Waals surface area contributed by atoms with Gasteiger partial charge in [-0.15, -0.1) is 11.6 Å². The fourth-order valence-electron chi connectivity index (χ4n) is 2.15. The lowest BCUT2D eigenvalue weighted by atomic mass is 10.1. The maximum absolute atomic E-state index is 6.08. The van der Waals surface area contributed by atoms with Gasteiger partial charge in [-0.05, 0) is 36.4 Å². The minimum absolute atomic E-state index is 0.423. The molecule has 19 heavy (non-hydrogen) atoms. The van der Waals surface area contributed by atoms with Crippen LogP contribution in [-0.2, 0) is 5.88 Å². The van der Waals surface area contributed by atoms with Crippen molar-refractivity contribution in [2.45, 2.75) is 5.88 Å². The molecule has 0 aliphatic rings. The number of hydrogen-bond acceptors (Lipinski definition) is 2. The Hall–Kier alpha value is -2.00. The van der Waals surface area contributed by atoms with Gasteiger partial charge in [0.15, 0.2) is 0 Å². The Morgan fingerprint density at radius 3 is 2.63 bits per heavy atom. The molecule has 96 valence electrons. The third kappa shape index (κ3) is 2.06. The largest absolute Gasteiger partial charge is 0.497 e. The molecule has 0 amide bonds. The Balaban J connectivity index is 2.17. The molecule has 3 rings (SSSR count). The summed E-state index contributed by atoms with van der Waals surface area (Å²) in [6.45, 7) is 0. The molecule has 0 radical (unpaired) electrons. The van der Waals surface area contributed by atoms with Gasteiger partial charge in [-0.3, -0.25) is 0 Å². The molecule has 0 saturated heterocycles. The fraction of sp³-hybridized carbons (Fsp3) is 0.133. The smallest absolute Gasteiger partial charge is 0.137 e. The summed E-state index contributed by atoms with van der Waals surface area (Å²) in [5, 5.41) is 0. The first-order chi connectivity index (χ1) is 9.33. The van der Waals surface area contributed by atoms with Gasteiger partial charge in [-0.1, -0.05) is 6.07 Å². The van der Waals surface area contributed by atoms with E-state index in [9.17, 15) is 0 Å². The van der Waals surface area contributed by atoms with Gasteiger partial charge >= 0.3 is 0 Å². The van der Waals surface area contributed by atoms with E-state index in [0.717, 1.165) is 28.3 Å². The first kappa shape index (κ1) is 12.1. The topological polar surface area (TPSA) is 26.5 Å². The van der Waals surface area contributed by atoms with Crippen molar-refractivity contribution >= 4 is 17.2 Å². The molecule has 0 aliphatic carbocycles. The van der Waals surface area contributed by atoms with E-state index >= 15 is 0 Å². The summed E-state index contributed by atoms with van der Waals surface area (Å²) >= 11 is 6.08. The van der Waals surface area contributed by atoms with Crippen LogP contribution in [0.4, 0.5) is 0 Å². The molecular weight excluding hydrogens is 260 g/mol. The normalized spacial score (nSPS) is 10.8. The molecule has 3 nitrogen and oxygen atoms in total. The number of fused-ring (bicyclic) bond motifs is 1. The first-order valence-corrected chi connectivity index (χ1v) is 6.53. The number of rotatable bonds is 3. The van der Waals surface area contributed by atoms with E-state index in [1.54, 1.807) is 7.11 Å². The zero-order valence-corrected chi connectivity index (χ0v) is 11.3. The first-order valence-electron chi connectivity index (χ1n) is 6.00. The van der Waals surface area contributed by atoms with E-state index in [4.69, 9.17) is 16.3 Å². The predicted molar refractivity (Wildman–Crippen MR) is 76.7 cm³/mol. The second kappa shape index (κ2) is 4.94. The van der Waals surface area contributed by atoms with Gasteiger partial charge in [0.2, 0.25) is 0 Å². The van der Waals surface area contributed by atoms with Gasteiger partial charge in [0.1, 0.15) is 11.4 Å². The van der Waals surface area contributed by atoms with Crippen molar-refractivity contribution in [2.75, 3.05) is 7.11 Å². The monoisotopic (exact) mass is 272 g/mol. The summed E-state index contributed by atoms with van der Waals surface area (Å²) < 4.78 is 7.19. The number of benzene rings is 1. The summed E-state index contributed by atoms with van der Waals surface area (Å²) in [5.74, 6) is 1.26. The van der Waals surface area contributed by atoms with E-state index < -0.39 is 0 Å². The fourth-order valence-corrected chi connectivity index (χ4v) is 2.41. The Morgan fingerprint density at radius 1 is 1.16 bits per heavy atom. The number of halogens is 1. The highest BCUT2D eigenvalue weighted by Crippen LogP contribution is 2.27. The van der Waals surface area contributed by atoms with Crippen LogP contribution in [0.15, 0.2) is 48.7 Å². The predicted octanol–water partition coefficient (Wildman–Crippen LogP) is 3.75. The van der Waals surface area contributed by atoms with Gasteiger partial charge < -0.3 is 9.14 Å². The molecule has 0 unspecified atom stereocenters. The summed E-state index contributed by atoms with van der Waals surface area (Å²) in [4.78, 5) is 4.65. The van der Waals surface area contributed by atoms with Crippen LogP contribution in [0, 0.1) is 0 Å². The molecule has 0 saturated carbocycles. The van der Waals surface area contributed by atoms with E-state index in [0.29, 0.717) is 5.88 Å². The van der Waals surface area contributed by atoms with Crippen LogP contribution in [0.25, 0.3) is 16.9 Å². The second-order valence-corrected chi connectivity index (χ2v) is 4.47. The number of nitrogens with zero attached hydrogens (tertiary/aromatic N) is 2. The molecule has 3 aromatic rings. The Kier molecular flexibility index (Phi) is 3.13. The van der Waals surface area contributed by atoms with Crippen LogP contribution in [0.3, 0.4) is 0 Å². The minimum atomic E-state index is 0.423. The second-order valence-electron chi connectivity index (χ2n) is 4.20. The lowest BCUT2D eigenvalue weighted by Gasteiger charge is -2.03. The van der Waals surface area contributed by atoms with E-state index in [1.807, 2.05) is 53.1 Å². The highest BCUT2D eigenvalue weighted by Gasteiger charge is 2.12. The summed E-state index contributed by atoms with van der Waals surface area (Å²) in [7, 11) is 1.66. The van der Waals surface area contributed by atoms with Crippen molar-refractivity contribution in [3.8, 4) is 17.0 Å². The minimum Gasteiger partial charge on any atom is -0.497 e. The van der Waals surface area contributed by atoms with Crippen molar-refractivity contribution in [1.29, 1.82) is 0 Å². The molecule has 0 aliphatic heterocycles. The van der Waals surface area contributed by atoms with Gasteiger partial charge in [0, 0.05) is 11.8 Å². The van der Waals surface area contributed by atoms with Gasteiger partial charge in [-0.2, -0.15) is 0 Å². The number of ether oxygens (including phenoxy) is 1. The van der Waals surface area contributed by atoms with Gasteiger partial charge in [0.05, 0.1) is 24.4 Å². The van der Waals surface area contributed by atoms with Crippen LogP contribution in [0.1, 0.15) is 5.69 Å². The molecule has 0 bridgehead atoms. The highest BCUT2D eigenvalue weighted by molar-refractivity contribution is 6.17. The van der Waals surface area contributed by atoms with E-state index in [-0.39, 0.29) is 0 Å². The molecule has 0 fully saturated rings. The van der Waals surface area contributed by atoms with Gasteiger partial charge in [0.25, 0.3) is 0 Å². The number of hydrogen-bond donors (Lipinski definition) is 0.